The molecule has 0 spiro atoms. The Morgan fingerprint density at radius 2 is 1.91 bits per heavy atom. The van der Waals surface area contributed by atoms with Crippen LogP contribution in [0.4, 0.5) is 10.5 Å². The summed E-state index contributed by atoms with van der Waals surface area (Å²) in [4.78, 5) is 32.8. The zero-order valence-electron chi connectivity index (χ0n) is 18.5. The van der Waals surface area contributed by atoms with Crippen molar-refractivity contribution in [2.75, 3.05) is 44.7 Å². The van der Waals surface area contributed by atoms with Crippen LogP contribution in [0.5, 0.6) is 0 Å². The lowest BCUT2D eigenvalue weighted by Gasteiger charge is -2.28. The molecule has 0 unspecified atom stereocenters. The first-order valence-electron chi connectivity index (χ1n) is 11.1. The highest BCUT2D eigenvalue weighted by molar-refractivity contribution is 5.89. The Morgan fingerprint density at radius 1 is 1.12 bits per heavy atom. The topological polar surface area (TPSA) is 77.7 Å². The molecule has 2 heterocycles. The predicted molar refractivity (Wildman–Crippen MR) is 127 cm³/mol. The molecule has 0 atom stereocenters. The largest absolute Gasteiger partial charge is 0.379 e. The van der Waals surface area contributed by atoms with Crippen molar-refractivity contribution in [1.82, 2.24) is 14.8 Å². The molecule has 1 fully saturated rings. The number of H-pyrrole nitrogens is 1. The number of pyridine rings is 1. The summed E-state index contributed by atoms with van der Waals surface area (Å²) in [6.45, 7) is 7.07. The Hall–Kier alpha value is -3.16. The fourth-order valence-corrected chi connectivity index (χ4v) is 3.98. The Kier molecular flexibility index (Phi) is 7.19. The van der Waals surface area contributed by atoms with Crippen molar-refractivity contribution in [2.24, 2.45) is 0 Å². The minimum absolute atomic E-state index is 0.160. The lowest BCUT2D eigenvalue weighted by Crippen LogP contribution is -2.40. The van der Waals surface area contributed by atoms with Crippen LogP contribution >= 0.6 is 0 Å². The monoisotopic (exact) mass is 434 g/mol. The maximum absolute atomic E-state index is 13.1. The second-order valence-corrected chi connectivity index (χ2v) is 8.24. The predicted octanol–water partition coefficient (Wildman–Crippen LogP) is 3.59. The maximum atomic E-state index is 13.1. The van der Waals surface area contributed by atoms with Crippen molar-refractivity contribution in [3.63, 3.8) is 0 Å². The summed E-state index contributed by atoms with van der Waals surface area (Å²) in [6.07, 6.45) is 0.826. The number of carbonyl (C=O) groups is 1. The van der Waals surface area contributed by atoms with Gasteiger partial charge in [-0.05, 0) is 49.1 Å². The number of morpholine rings is 1. The molecule has 2 N–H and O–H groups in total. The number of nitrogens with zero attached hydrogens (tertiary/aromatic N) is 2. The van der Waals surface area contributed by atoms with Gasteiger partial charge in [0, 0.05) is 42.9 Å². The van der Waals surface area contributed by atoms with E-state index in [9.17, 15) is 9.59 Å². The molecule has 2 amide bonds. The molecule has 7 nitrogen and oxygen atoms in total. The average molecular weight is 435 g/mol. The van der Waals surface area contributed by atoms with E-state index in [1.807, 2.05) is 61.5 Å². The lowest BCUT2D eigenvalue weighted by molar-refractivity contribution is 0.0365. The van der Waals surface area contributed by atoms with E-state index in [4.69, 9.17) is 4.74 Å². The number of amides is 2. The zero-order chi connectivity index (χ0) is 22.3. The second kappa shape index (κ2) is 10.4. The maximum Gasteiger partial charge on any atom is 0.322 e. The van der Waals surface area contributed by atoms with Crippen molar-refractivity contribution in [1.29, 1.82) is 0 Å². The van der Waals surface area contributed by atoms with E-state index in [1.54, 1.807) is 4.90 Å². The molecule has 0 saturated carbocycles. The van der Waals surface area contributed by atoms with Gasteiger partial charge in [-0.1, -0.05) is 29.8 Å². The fraction of sp³-hybridized carbons (Fsp3) is 0.360. The number of aromatic amines is 1. The highest BCUT2D eigenvalue weighted by atomic mass is 16.5. The zero-order valence-corrected chi connectivity index (χ0v) is 18.5. The van der Waals surface area contributed by atoms with E-state index >= 15 is 0 Å². The van der Waals surface area contributed by atoms with E-state index < -0.39 is 0 Å². The van der Waals surface area contributed by atoms with Crippen LogP contribution in [0, 0.1) is 6.92 Å². The number of ether oxygens (including phenoxy) is 1. The number of fused-ring (bicyclic) bond motifs is 1. The number of anilines is 1. The van der Waals surface area contributed by atoms with E-state index in [2.05, 4.69) is 15.2 Å². The van der Waals surface area contributed by atoms with Crippen molar-refractivity contribution < 1.29 is 9.53 Å². The molecular weight excluding hydrogens is 404 g/mol. The van der Waals surface area contributed by atoms with Gasteiger partial charge in [-0.15, -0.1) is 0 Å². The van der Waals surface area contributed by atoms with Gasteiger partial charge in [0.25, 0.3) is 5.56 Å². The van der Waals surface area contributed by atoms with Gasteiger partial charge in [0.2, 0.25) is 0 Å². The minimum Gasteiger partial charge on any atom is -0.379 e. The number of hydrogen-bond acceptors (Lipinski definition) is 4. The van der Waals surface area contributed by atoms with Crippen molar-refractivity contribution in [3.05, 3.63) is 76.1 Å². The molecule has 0 bridgehead atoms. The summed E-state index contributed by atoms with van der Waals surface area (Å²) < 4.78 is 5.41. The van der Waals surface area contributed by atoms with E-state index in [0.29, 0.717) is 12.1 Å². The third-order valence-corrected chi connectivity index (χ3v) is 5.76. The summed E-state index contributed by atoms with van der Waals surface area (Å²) in [7, 11) is 0. The summed E-state index contributed by atoms with van der Waals surface area (Å²) in [5.74, 6) is 0. The van der Waals surface area contributed by atoms with Gasteiger partial charge in [-0.2, -0.15) is 0 Å². The summed E-state index contributed by atoms with van der Waals surface area (Å²) >= 11 is 0. The highest BCUT2D eigenvalue weighted by Gasteiger charge is 2.18. The molecule has 1 aromatic heterocycles. The quantitative estimate of drug-likeness (QED) is 0.596. The first-order valence-corrected chi connectivity index (χ1v) is 11.1. The minimum atomic E-state index is -0.207. The van der Waals surface area contributed by atoms with Crippen molar-refractivity contribution in [3.8, 4) is 0 Å². The fourth-order valence-electron chi connectivity index (χ4n) is 3.98. The van der Waals surface area contributed by atoms with Crippen LogP contribution in [0.2, 0.25) is 0 Å². The Morgan fingerprint density at radius 3 is 2.69 bits per heavy atom. The Balaban J connectivity index is 1.50. The first kappa shape index (κ1) is 22.0. The van der Waals surface area contributed by atoms with Gasteiger partial charge < -0.3 is 19.9 Å². The van der Waals surface area contributed by atoms with Crippen LogP contribution in [0.3, 0.4) is 0 Å². The van der Waals surface area contributed by atoms with E-state index in [-0.39, 0.29) is 18.1 Å². The molecule has 0 radical (unpaired) electrons. The van der Waals surface area contributed by atoms with Gasteiger partial charge in [0.1, 0.15) is 0 Å². The molecule has 1 aliphatic heterocycles. The SMILES string of the molecule is Cc1ccc2[nH]c(=O)c(CN(CCCN3CCOCC3)C(=O)Nc3ccccc3)cc2c1. The third-order valence-electron chi connectivity index (χ3n) is 5.76. The summed E-state index contributed by atoms with van der Waals surface area (Å²) in [5.41, 5.74) is 3.08. The molecule has 0 aliphatic carbocycles. The number of aryl methyl sites for hydroxylation is 1. The highest BCUT2D eigenvalue weighted by Crippen LogP contribution is 2.15. The van der Waals surface area contributed by atoms with Crippen LogP contribution in [-0.4, -0.2) is 60.2 Å². The Bertz CT molecular complexity index is 1110. The van der Waals surface area contributed by atoms with Crippen LogP contribution in [0.15, 0.2) is 59.4 Å². The van der Waals surface area contributed by atoms with Gasteiger partial charge in [-0.25, -0.2) is 4.79 Å². The molecule has 1 aliphatic rings. The number of hydrogen-bond donors (Lipinski definition) is 2. The molecule has 3 aromatic rings. The average Bonchev–Trinajstić information content (AvgIpc) is 2.80. The Labute approximate surface area is 188 Å². The number of para-hydroxylation sites is 1. The molecule has 168 valence electrons. The summed E-state index contributed by atoms with van der Waals surface area (Å²) in [5, 5.41) is 3.93. The number of urea groups is 1. The molecule has 7 heteroatoms. The molecule has 4 rings (SSSR count). The van der Waals surface area contributed by atoms with Crippen LogP contribution in [0.1, 0.15) is 17.5 Å². The number of rotatable bonds is 7. The second-order valence-electron chi connectivity index (χ2n) is 8.24. The standard InChI is InChI=1S/C25H30N4O3/c1-19-8-9-23-20(16-19)17-21(24(30)27-23)18-29(11-5-10-28-12-14-32-15-13-28)25(31)26-22-6-3-2-4-7-22/h2-4,6-9,16-17H,5,10-15,18H2,1H3,(H,26,31)(H,27,30). The molecule has 32 heavy (non-hydrogen) atoms. The number of benzene rings is 2. The molecule has 1 saturated heterocycles. The van der Waals surface area contributed by atoms with Crippen LogP contribution < -0.4 is 10.9 Å². The lowest BCUT2D eigenvalue weighted by atomic mass is 10.1. The van der Waals surface area contributed by atoms with Gasteiger partial charge in [0.15, 0.2) is 0 Å². The van der Waals surface area contributed by atoms with Gasteiger partial charge >= 0.3 is 6.03 Å². The number of nitrogens with one attached hydrogen (secondary N) is 2. The van der Waals surface area contributed by atoms with Crippen molar-refractivity contribution in [2.45, 2.75) is 19.9 Å². The van der Waals surface area contributed by atoms with Crippen LogP contribution in [0.25, 0.3) is 10.9 Å². The number of carbonyl (C=O) groups excluding carboxylic acids is 1. The molecule has 2 aromatic carbocycles. The van der Waals surface area contributed by atoms with E-state index in [1.165, 1.54) is 0 Å². The van der Waals surface area contributed by atoms with Gasteiger partial charge in [0.05, 0.1) is 19.8 Å². The smallest absolute Gasteiger partial charge is 0.322 e. The first-order chi connectivity index (χ1) is 15.6. The summed E-state index contributed by atoms with van der Waals surface area (Å²) in [6, 6.07) is 17.0. The van der Waals surface area contributed by atoms with Gasteiger partial charge in [-0.3, -0.25) is 9.69 Å². The molecular formula is C25H30N4O3. The number of aromatic nitrogens is 1. The van der Waals surface area contributed by atoms with Crippen molar-refractivity contribution >= 4 is 22.6 Å². The normalized spacial score (nSPS) is 14.4. The van der Waals surface area contributed by atoms with Crippen LogP contribution in [-0.2, 0) is 11.3 Å². The third kappa shape index (κ3) is 5.75. The van der Waals surface area contributed by atoms with E-state index in [0.717, 1.165) is 61.4 Å².